The smallest absolute Gasteiger partial charge is 0.272 e. The summed E-state index contributed by atoms with van der Waals surface area (Å²) in [6, 6.07) is 10.2. The first kappa shape index (κ1) is 17.7. The summed E-state index contributed by atoms with van der Waals surface area (Å²) in [5.41, 5.74) is 3.81. The molecule has 0 aliphatic rings. The molecule has 9 heteroatoms. The predicted octanol–water partition coefficient (Wildman–Crippen LogP) is 2.50. The van der Waals surface area contributed by atoms with Gasteiger partial charge in [-0.15, -0.1) is 0 Å². The number of carbonyl (C=O) groups excluding carboxylic acids is 1. The molecule has 0 aliphatic carbocycles. The first-order valence-corrected chi connectivity index (χ1v) is 7.17. The Labute approximate surface area is 142 Å². The van der Waals surface area contributed by atoms with Crippen LogP contribution < -0.4 is 5.43 Å². The first-order valence-electron chi connectivity index (χ1n) is 7.17. The summed E-state index contributed by atoms with van der Waals surface area (Å²) in [6.07, 6.45) is 1.33. The zero-order valence-electron chi connectivity index (χ0n) is 13.2. The lowest BCUT2D eigenvalue weighted by atomic mass is 10.1. The number of hydrogen-bond donors (Lipinski definition) is 1. The van der Waals surface area contributed by atoms with Gasteiger partial charge in [0.1, 0.15) is 0 Å². The molecule has 0 spiro atoms. The SMILES string of the molecule is Cc1c(/C=N\NC(=O)Cc2ccc([N+](=O)[O-])cc2)cccc1[N+](=O)[O-]. The molecule has 0 aromatic heterocycles. The maximum atomic E-state index is 11.8. The Kier molecular flexibility index (Phi) is 5.51. The molecular weight excluding hydrogens is 328 g/mol. The zero-order chi connectivity index (χ0) is 18.4. The highest BCUT2D eigenvalue weighted by atomic mass is 16.6. The second-order valence-electron chi connectivity index (χ2n) is 5.14. The van der Waals surface area contributed by atoms with Crippen molar-refractivity contribution < 1.29 is 14.6 Å². The third-order valence-electron chi connectivity index (χ3n) is 3.45. The summed E-state index contributed by atoms with van der Waals surface area (Å²) in [5, 5.41) is 25.2. The first-order chi connectivity index (χ1) is 11.9. The van der Waals surface area contributed by atoms with E-state index in [2.05, 4.69) is 10.5 Å². The molecule has 0 heterocycles. The summed E-state index contributed by atoms with van der Waals surface area (Å²) in [4.78, 5) is 32.3. The van der Waals surface area contributed by atoms with Crippen LogP contribution >= 0.6 is 0 Å². The standard InChI is InChI=1S/C16H14N4O5/c1-11-13(3-2-4-15(11)20(24)25)10-17-18-16(21)9-12-5-7-14(8-6-12)19(22)23/h2-8,10H,9H2,1H3,(H,18,21)/b17-10-. The Hall–Kier alpha value is -3.62. The molecule has 1 amide bonds. The molecule has 0 saturated heterocycles. The number of hydrazone groups is 1. The molecule has 0 aliphatic heterocycles. The lowest BCUT2D eigenvalue weighted by Gasteiger charge is -2.02. The number of non-ortho nitro benzene ring substituents is 1. The average Bonchev–Trinajstić information content (AvgIpc) is 2.56. The number of amides is 1. The quantitative estimate of drug-likeness (QED) is 0.490. The van der Waals surface area contributed by atoms with Crippen molar-refractivity contribution in [1.29, 1.82) is 0 Å². The van der Waals surface area contributed by atoms with Crippen molar-refractivity contribution in [2.45, 2.75) is 13.3 Å². The maximum absolute atomic E-state index is 11.8. The van der Waals surface area contributed by atoms with E-state index >= 15 is 0 Å². The van der Waals surface area contributed by atoms with E-state index in [1.54, 1.807) is 13.0 Å². The topological polar surface area (TPSA) is 128 Å². The van der Waals surface area contributed by atoms with Crippen LogP contribution in [-0.4, -0.2) is 22.0 Å². The lowest BCUT2D eigenvalue weighted by Crippen LogP contribution is -2.19. The second-order valence-corrected chi connectivity index (χ2v) is 5.14. The highest BCUT2D eigenvalue weighted by molar-refractivity contribution is 5.85. The fourth-order valence-electron chi connectivity index (χ4n) is 2.11. The van der Waals surface area contributed by atoms with Crippen LogP contribution in [0.1, 0.15) is 16.7 Å². The van der Waals surface area contributed by atoms with Gasteiger partial charge < -0.3 is 0 Å². The number of nitrogens with one attached hydrogen (secondary N) is 1. The Morgan fingerprint density at radius 2 is 1.80 bits per heavy atom. The Balaban J connectivity index is 1.98. The van der Waals surface area contributed by atoms with Crippen LogP contribution in [0.5, 0.6) is 0 Å². The average molecular weight is 342 g/mol. The van der Waals surface area contributed by atoms with Crippen LogP contribution in [-0.2, 0) is 11.2 Å². The fourth-order valence-corrected chi connectivity index (χ4v) is 2.11. The zero-order valence-corrected chi connectivity index (χ0v) is 13.2. The molecule has 0 atom stereocenters. The minimum absolute atomic E-state index is 0.00323. The molecule has 9 nitrogen and oxygen atoms in total. The van der Waals surface area contributed by atoms with Crippen molar-refractivity contribution in [3.63, 3.8) is 0 Å². The van der Waals surface area contributed by atoms with Gasteiger partial charge in [-0.1, -0.05) is 24.3 Å². The summed E-state index contributed by atoms with van der Waals surface area (Å²) >= 11 is 0. The third-order valence-corrected chi connectivity index (χ3v) is 3.45. The molecule has 2 aromatic carbocycles. The van der Waals surface area contributed by atoms with Crippen LogP contribution in [0.4, 0.5) is 11.4 Å². The van der Waals surface area contributed by atoms with E-state index in [1.807, 2.05) is 0 Å². The number of benzene rings is 2. The van der Waals surface area contributed by atoms with E-state index in [0.29, 0.717) is 16.7 Å². The van der Waals surface area contributed by atoms with Crippen molar-refractivity contribution in [2.24, 2.45) is 5.10 Å². The molecule has 1 N–H and O–H groups in total. The van der Waals surface area contributed by atoms with Crippen LogP contribution in [0.2, 0.25) is 0 Å². The summed E-state index contributed by atoms with van der Waals surface area (Å²) in [5.74, 6) is -0.409. The van der Waals surface area contributed by atoms with Crippen molar-refractivity contribution in [3.8, 4) is 0 Å². The van der Waals surface area contributed by atoms with Gasteiger partial charge in [0, 0.05) is 29.3 Å². The van der Waals surface area contributed by atoms with Gasteiger partial charge in [0.2, 0.25) is 5.91 Å². The number of nitro benzene ring substituents is 2. The Bertz CT molecular complexity index is 846. The Morgan fingerprint density at radius 3 is 2.40 bits per heavy atom. The van der Waals surface area contributed by atoms with Gasteiger partial charge in [0.05, 0.1) is 22.5 Å². The highest BCUT2D eigenvalue weighted by Crippen LogP contribution is 2.19. The van der Waals surface area contributed by atoms with Crippen LogP contribution in [0.15, 0.2) is 47.6 Å². The van der Waals surface area contributed by atoms with E-state index in [1.165, 1.54) is 42.6 Å². The Morgan fingerprint density at radius 1 is 1.12 bits per heavy atom. The molecule has 2 aromatic rings. The lowest BCUT2D eigenvalue weighted by molar-refractivity contribution is -0.385. The molecule has 25 heavy (non-hydrogen) atoms. The monoisotopic (exact) mass is 342 g/mol. The van der Waals surface area contributed by atoms with E-state index in [4.69, 9.17) is 0 Å². The van der Waals surface area contributed by atoms with Crippen molar-refractivity contribution in [3.05, 3.63) is 79.4 Å². The molecule has 2 rings (SSSR count). The predicted molar refractivity (Wildman–Crippen MR) is 90.4 cm³/mol. The molecule has 0 bridgehead atoms. The summed E-state index contributed by atoms with van der Waals surface area (Å²) < 4.78 is 0. The molecule has 128 valence electrons. The van der Waals surface area contributed by atoms with Gasteiger partial charge in [-0.05, 0) is 12.5 Å². The molecule has 0 saturated carbocycles. The van der Waals surface area contributed by atoms with Crippen LogP contribution in [0.25, 0.3) is 0 Å². The van der Waals surface area contributed by atoms with E-state index < -0.39 is 15.8 Å². The fraction of sp³-hybridized carbons (Fsp3) is 0.125. The van der Waals surface area contributed by atoms with Gasteiger partial charge in [0.25, 0.3) is 11.4 Å². The third kappa shape index (κ3) is 4.67. The molecule has 0 unspecified atom stereocenters. The minimum Gasteiger partial charge on any atom is -0.273 e. The van der Waals surface area contributed by atoms with Gasteiger partial charge in [0.15, 0.2) is 0 Å². The van der Waals surface area contributed by atoms with Crippen molar-refractivity contribution in [2.75, 3.05) is 0 Å². The van der Waals surface area contributed by atoms with E-state index in [0.717, 1.165) is 0 Å². The summed E-state index contributed by atoms with van der Waals surface area (Å²) in [7, 11) is 0. The molecule has 0 fully saturated rings. The normalized spacial score (nSPS) is 10.6. The largest absolute Gasteiger partial charge is 0.273 e. The van der Waals surface area contributed by atoms with Gasteiger partial charge in [-0.2, -0.15) is 5.10 Å². The van der Waals surface area contributed by atoms with Crippen LogP contribution in [0.3, 0.4) is 0 Å². The second kappa shape index (κ2) is 7.77. The number of nitrogens with zero attached hydrogens (tertiary/aromatic N) is 3. The number of rotatable bonds is 6. The van der Waals surface area contributed by atoms with E-state index in [-0.39, 0.29) is 17.8 Å². The number of hydrogen-bond acceptors (Lipinski definition) is 6. The molecule has 0 radical (unpaired) electrons. The minimum atomic E-state index is -0.518. The van der Waals surface area contributed by atoms with Gasteiger partial charge in [-0.25, -0.2) is 5.43 Å². The van der Waals surface area contributed by atoms with Gasteiger partial charge in [-0.3, -0.25) is 25.0 Å². The van der Waals surface area contributed by atoms with Crippen molar-refractivity contribution in [1.82, 2.24) is 5.43 Å². The van der Waals surface area contributed by atoms with Crippen LogP contribution in [0, 0.1) is 27.2 Å². The summed E-state index contributed by atoms with van der Waals surface area (Å²) in [6.45, 7) is 1.60. The highest BCUT2D eigenvalue weighted by Gasteiger charge is 2.12. The number of nitro groups is 2. The van der Waals surface area contributed by atoms with E-state index in [9.17, 15) is 25.0 Å². The molecular formula is C16H14N4O5. The van der Waals surface area contributed by atoms with Gasteiger partial charge >= 0.3 is 0 Å². The number of carbonyl (C=O) groups is 1. The maximum Gasteiger partial charge on any atom is 0.272 e. The van der Waals surface area contributed by atoms with Crippen molar-refractivity contribution >= 4 is 23.5 Å².